The van der Waals surface area contributed by atoms with E-state index in [2.05, 4.69) is 4.74 Å². The van der Waals surface area contributed by atoms with Crippen LogP contribution in [0.5, 0.6) is 5.75 Å². The zero-order chi connectivity index (χ0) is 22.9. The minimum absolute atomic E-state index is 0.158. The van der Waals surface area contributed by atoms with Gasteiger partial charge in [0.2, 0.25) is 0 Å². The van der Waals surface area contributed by atoms with E-state index in [1.54, 1.807) is 6.92 Å². The summed E-state index contributed by atoms with van der Waals surface area (Å²) in [6, 6.07) is 7.39. The number of hydrogen-bond acceptors (Lipinski definition) is 7. The molecule has 172 valence electrons. The highest BCUT2D eigenvalue weighted by Gasteiger charge is 2.42. The van der Waals surface area contributed by atoms with E-state index in [-0.39, 0.29) is 24.9 Å². The molecule has 1 unspecified atom stereocenters. The number of morpholine rings is 1. The number of hydrogen-bond donors (Lipinski definition) is 0. The molecular formula is C21H26F3NO6. The third-order valence-electron chi connectivity index (χ3n) is 4.66. The van der Waals surface area contributed by atoms with E-state index < -0.39 is 18.1 Å². The summed E-state index contributed by atoms with van der Waals surface area (Å²) >= 11 is 0. The smallest absolute Gasteiger partial charge is 0.491 e. The van der Waals surface area contributed by atoms with Crippen LogP contribution in [0.1, 0.15) is 44.3 Å². The summed E-state index contributed by atoms with van der Waals surface area (Å²) in [5.41, 5.74) is 0.906. The number of benzene rings is 1. The van der Waals surface area contributed by atoms with E-state index >= 15 is 0 Å². The zero-order valence-corrected chi connectivity index (χ0v) is 17.3. The number of halogens is 3. The van der Waals surface area contributed by atoms with Crippen molar-refractivity contribution in [1.29, 1.82) is 0 Å². The molecule has 1 atom stereocenters. The van der Waals surface area contributed by atoms with Crippen LogP contribution < -0.4 is 4.74 Å². The summed E-state index contributed by atoms with van der Waals surface area (Å²) in [5, 5.41) is 0. The molecule has 0 N–H and O–H groups in total. The molecule has 1 heterocycles. The molecule has 0 saturated carbocycles. The summed E-state index contributed by atoms with van der Waals surface area (Å²) in [5.74, 6) is -2.84. The molecule has 1 saturated heterocycles. The molecule has 1 aliphatic rings. The Labute approximate surface area is 178 Å². The van der Waals surface area contributed by atoms with Gasteiger partial charge < -0.3 is 19.0 Å². The van der Waals surface area contributed by atoms with Crippen LogP contribution in [-0.4, -0.2) is 61.6 Å². The number of ketones is 1. The molecule has 0 aliphatic carbocycles. The lowest BCUT2D eigenvalue weighted by Crippen LogP contribution is -2.39. The Morgan fingerprint density at radius 2 is 1.84 bits per heavy atom. The van der Waals surface area contributed by atoms with Crippen molar-refractivity contribution in [2.75, 3.05) is 32.8 Å². The second-order valence-electron chi connectivity index (χ2n) is 7.25. The van der Waals surface area contributed by atoms with Crippen molar-refractivity contribution in [2.45, 2.75) is 44.9 Å². The van der Waals surface area contributed by atoms with Crippen LogP contribution in [0, 0.1) is 0 Å². The van der Waals surface area contributed by atoms with Crippen molar-refractivity contribution in [3.8, 4) is 5.75 Å². The van der Waals surface area contributed by atoms with Gasteiger partial charge in [-0.05, 0) is 37.5 Å². The fraction of sp³-hybridized carbons (Fsp3) is 0.571. The van der Waals surface area contributed by atoms with Gasteiger partial charge >= 0.3 is 18.1 Å². The van der Waals surface area contributed by atoms with Crippen molar-refractivity contribution in [3.05, 3.63) is 29.8 Å². The summed E-state index contributed by atoms with van der Waals surface area (Å²) in [6.07, 6.45) is -3.65. The molecule has 2 rings (SSSR count). The first-order chi connectivity index (χ1) is 14.6. The third-order valence-corrected chi connectivity index (χ3v) is 4.66. The third kappa shape index (κ3) is 9.06. The Hall–Kier alpha value is -2.46. The number of rotatable bonds is 10. The van der Waals surface area contributed by atoms with E-state index in [1.807, 2.05) is 29.2 Å². The minimum atomic E-state index is -5.19. The quantitative estimate of drug-likeness (QED) is 0.311. The van der Waals surface area contributed by atoms with Gasteiger partial charge in [-0.25, -0.2) is 4.79 Å². The van der Waals surface area contributed by atoms with Crippen LogP contribution in [0.4, 0.5) is 13.2 Å². The monoisotopic (exact) mass is 445 g/mol. The van der Waals surface area contributed by atoms with E-state index in [0.29, 0.717) is 38.5 Å². The molecule has 0 bridgehead atoms. The maximum Gasteiger partial charge on any atom is 0.491 e. The highest BCUT2D eigenvalue weighted by molar-refractivity contribution is 5.88. The normalized spacial score (nSPS) is 17.2. The van der Waals surface area contributed by atoms with Gasteiger partial charge in [0.25, 0.3) is 0 Å². The molecule has 0 amide bonds. The number of Topliss-reactive ketones (excluding diaryl/α,β-unsaturated/α-hetero) is 1. The second kappa shape index (κ2) is 11.8. The highest BCUT2D eigenvalue weighted by atomic mass is 19.4. The van der Waals surface area contributed by atoms with Crippen molar-refractivity contribution in [1.82, 2.24) is 4.90 Å². The fourth-order valence-corrected chi connectivity index (χ4v) is 3.01. The van der Waals surface area contributed by atoms with Gasteiger partial charge in [0.05, 0.1) is 25.7 Å². The minimum Gasteiger partial charge on any atom is -0.494 e. The van der Waals surface area contributed by atoms with Crippen molar-refractivity contribution in [2.24, 2.45) is 0 Å². The first-order valence-corrected chi connectivity index (χ1v) is 10.0. The molecule has 1 aromatic rings. The van der Waals surface area contributed by atoms with Crippen LogP contribution in [-0.2, 0) is 23.9 Å². The summed E-state index contributed by atoms with van der Waals surface area (Å²) < 4.78 is 51.6. The van der Waals surface area contributed by atoms with Gasteiger partial charge in [-0.15, -0.1) is 0 Å². The average molecular weight is 445 g/mol. The average Bonchev–Trinajstić information content (AvgIpc) is 2.72. The largest absolute Gasteiger partial charge is 0.494 e. The highest BCUT2D eigenvalue weighted by Crippen LogP contribution is 2.25. The summed E-state index contributed by atoms with van der Waals surface area (Å²) in [6.45, 7) is 3.60. The zero-order valence-electron chi connectivity index (χ0n) is 17.3. The molecular weight excluding hydrogens is 419 g/mol. The van der Waals surface area contributed by atoms with Crippen molar-refractivity contribution in [3.63, 3.8) is 0 Å². The molecule has 1 aliphatic heterocycles. The van der Waals surface area contributed by atoms with Crippen LogP contribution in [0.25, 0.3) is 0 Å². The number of alkyl halides is 3. The predicted molar refractivity (Wildman–Crippen MR) is 103 cm³/mol. The lowest BCUT2D eigenvalue weighted by molar-refractivity contribution is -0.202. The van der Waals surface area contributed by atoms with Gasteiger partial charge in [0.1, 0.15) is 11.5 Å². The van der Waals surface area contributed by atoms with Gasteiger partial charge in [0, 0.05) is 26.1 Å². The Morgan fingerprint density at radius 3 is 2.48 bits per heavy atom. The van der Waals surface area contributed by atoms with Crippen LogP contribution in [0.2, 0.25) is 0 Å². The lowest BCUT2D eigenvalue weighted by Gasteiger charge is -2.33. The van der Waals surface area contributed by atoms with Gasteiger partial charge in [-0.3, -0.25) is 9.69 Å². The van der Waals surface area contributed by atoms with Crippen LogP contribution in [0.3, 0.4) is 0 Å². The number of nitrogens with zero attached hydrogens (tertiary/aromatic N) is 1. The predicted octanol–water partition coefficient (Wildman–Crippen LogP) is 3.22. The van der Waals surface area contributed by atoms with Crippen LogP contribution >= 0.6 is 0 Å². The number of unbranched alkanes of at least 4 members (excludes halogenated alkanes) is 1. The number of esters is 2. The van der Waals surface area contributed by atoms with Gasteiger partial charge in [-0.1, -0.05) is 12.1 Å². The Balaban J connectivity index is 1.75. The Bertz CT molecular complexity index is 750. The van der Waals surface area contributed by atoms with E-state index in [9.17, 15) is 27.6 Å². The topological polar surface area (TPSA) is 82.1 Å². The summed E-state index contributed by atoms with van der Waals surface area (Å²) in [4.78, 5) is 34.9. The number of carbonyl (C=O) groups excluding carboxylic acids is 3. The van der Waals surface area contributed by atoms with Crippen molar-refractivity contribution < 1.29 is 41.8 Å². The SMILES string of the molecule is CC(=O)CCCCOc1ccc(C2CN(CCC(=O)OC(=O)C(F)(F)F)CCO2)cc1. The molecule has 31 heavy (non-hydrogen) atoms. The molecule has 0 radical (unpaired) electrons. The molecule has 7 nitrogen and oxygen atoms in total. The second-order valence-corrected chi connectivity index (χ2v) is 7.25. The standard InChI is InChI=1S/C21H26F3NO6/c1-15(26)4-2-3-12-29-17-7-5-16(6-8-17)18-14-25(11-13-30-18)10-9-19(27)31-20(28)21(22,23)24/h5-8,18H,2-4,9-14H2,1H3. The summed E-state index contributed by atoms with van der Waals surface area (Å²) in [7, 11) is 0. The van der Waals surface area contributed by atoms with Crippen molar-refractivity contribution >= 4 is 17.7 Å². The fourth-order valence-electron chi connectivity index (χ4n) is 3.01. The van der Waals surface area contributed by atoms with E-state index in [4.69, 9.17) is 9.47 Å². The molecule has 0 spiro atoms. The molecule has 1 fully saturated rings. The first-order valence-electron chi connectivity index (χ1n) is 10.0. The number of ether oxygens (including phenoxy) is 3. The maximum absolute atomic E-state index is 12.1. The Kier molecular flexibility index (Phi) is 9.44. The van der Waals surface area contributed by atoms with Crippen LogP contribution in [0.15, 0.2) is 24.3 Å². The molecule has 10 heteroatoms. The first kappa shape index (κ1) is 24.8. The maximum atomic E-state index is 12.1. The van der Waals surface area contributed by atoms with Gasteiger partial charge in [-0.2, -0.15) is 13.2 Å². The van der Waals surface area contributed by atoms with Gasteiger partial charge in [0.15, 0.2) is 0 Å². The molecule has 1 aromatic carbocycles. The lowest BCUT2D eigenvalue weighted by atomic mass is 10.1. The number of carbonyl (C=O) groups is 3. The van der Waals surface area contributed by atoms with E-state index in [1.165, 1.54) is 0 Å². The Morgan fingerprint density at radius 1 is 1.13 bits per heavy atom. The van der Waals surface area contributed by atoms with E-state index in [0.717, 1.165) is 18.4 Å². The molecule has 0 aromatic heterocycles.